The molecule has 0 aliphatic carbocycles. The first-order chi connectivity index (χ1) is 14.0. The van der Waals surface area contributed by atoms with E-state index in [0.717, 1.165) is 17.7 Å². The molecular formula is C21H19F2NO5. The fraction of sp³-hybridized carbons (Fsp3) is 0.190. The molecule has 1 amide bonds. The summed E-state index contributed by atoms with van der Waals surface area (Å²) >= 11 is 0. The number of hydrogen-bond acceptors (Lipinski definition) is 5. The van der Waals surface area contributed by atoms with E-state index in [4.69, 9.17) is 18.6 Å². The number of methoxy groups -OCH3 is 2. The standard InChI is InChI=1S/C21H19F2NO5/c1-26-18-6-3-13(9-20(18)27-2)11-24-21(25)19-8-5-15(29-19)12-28-17-7-4-14(22)10-16(17)23/h3-10H,11-12H2,1-2H3,(H,24,25). The van der Waals surface area contributed by atoms with E-state index in [1.165, 1.54) is 19.2 Å². The lowest BCUT2D eigenvalue weighted by Crippen LogP contribution is -2.22. The van der Waals surface area contributed by atoms with Crippen LogP contribution >= 0.6 is 0 Å². The molecule has 1 N–H and O–H groups in total. The molecular weight excluding hydrogens is 384 g/mol. The van der Waals surface area contributed by atoms with Gasteiger partial charge in [0.15, 0.2) is 28.8 Å². The highest BCUT2D eigenvalue weighted by Gasteiger charge is 2.13. The summed E-state index contributed by atoms with van der Waals surface area (Å²) in [5.41, 5.74) is 0.817. The van der Waals surface area contributed by atoms with Gasteiger partial charge in [-0.3, -0.25) is 4.79 Å². The molecule has 0 unspecified atom stereocenters. The number of furan rings is 1. The van der Waals surface area contributed by atoms with Crippen molar-refractivity contribution in [2.45, 2.75) is 13.2 Å². The van der Waals surface area contributed by atoms with Crippen LogP contribution in [0.4, 0.5) is 8.78 Å². The van der Waals surface area contributed by atoms with E-state index >= 15 is 0 Å². The van der Waals surface area contributed by atoms with Gasteiger partial charge in [-0.05, 0) is 42.0 Å². The fourth-order valence-electron chi connectivity index (χ4n) is 2.58. The largest absolute Gasteiger partial charge is 0.493 e. The van der Waals surface area contributed by atoms with Gasteiger partial charge in [-0.2, -0.15) is 0 Å². The summed E-state index contributed by atoms with van der Waals surface area (Å²) in [4.78, 5) is 12.3. The summed E-state index contributed by atoms with van der Waals surface area (Å²) in [6.45, 7) is 0.151. The lowest BCUT2D eigenvalue weighted by atomic mass is 10.2. The van der Waals surface area contributed by atoms with Crippen LogP contribution < -0.4 is 19.5 Å². The second-order valence-electron chi connectivity index (χ2n) is 6.00. The highest BCUT2D eigenvalue weighted by atomic mass is 19.1. The third-order valence-corrected chi connectivity index (χ3v) is 4.05. The van der Waals surface area contributed by atoms with Crippen molar-refractivity contribution in [3.63, 3.8) is 0 Å². The zero-order chi connectivity index (χ0) is 20.8. The molecule has 0 saturated carbocycles. The molecule has 8 heteroatoms. The average molecular weight is 403 g/mol. The number of carbonyl (C=O) groups excluding carboxylic acids is 1. The molecule has 0 radical (unpaired) electrons. The maximum atomic E-state index is 13.6. The van der Waals surface area contributed by atoms with Gasteiger partial charge in [0.2, 0.25) is 0 Å². The van der Waals surface area contributed by atoms with Gasteiger partial charge in [0, 0.05) is 12.6 Å². The number of carbonyl (C=O) groups is 1. The van der Waals surface area contributed by atoms with E-state index < -0.39 is 17.5 Å². The van der Waals surface area contributed by atoms with E-state index in [1.54, 1.807) is 31.4 Å². The first kappa shape index (κ1) is 20.2. The SMILES string of the molecule is COc1ccc(CNC(=O)c2ccc(COc3ccc(F)cc3F)o2)cc1OC. The summed E-state index contributed by atoms with van der Waals surface area (Å²) in [5.74, 6) is -0.471. The van der Waals surface area contributed by atoms with E-state index in [9.17, 15) is 13.6 Å². The predicted octanol–water partition coefficient (Wildman–Crippen LogP) is 4.08. The van der Waals surface area contributed by atoms with E-state index in [2.05, 4.69) is 5.32 Å². The summed E-state index contributed by atoms with van der Waals surface area (Å²) in [5, 5.41) is 2.73. The molecule has 1 heterocycles. The number of hydrogen-bond donors (Lipinski definition) is 1. The van der Waals surface area contributed by atoms with Crippen LogP contribution in [0.15, 0.2) is 52.9 Å². The monoisotopic (exact) mass is 403 g/mol. The minimum Gasteiger partial charge on any atom is -0.493 e. The second-order valence-corrected chi connectivity index (χ2v) is 6.00. The Morgan fingerprint density at radius 1 is 0.966 bits per heavy atom. The Hall–Kier alpha value is -3.55. The van der Waals surface area contributed by atoms with Crippen molar-refractivity contribution in [1.82, 2.24) is 5.32 Å². The molecule has 0 spiro atoms. The second kappa shape index (κ2) is 9.09. The highest BCUT2D eigenvalue weighted by Crippen LogP contribution is 2.27. The van der Waals surface area contributed by atoms with Crippen molar-refractivity contribution >= 4 is 5.91 Å². The molecule has 29 heavy (non-hydrogen) atoms. The normalized spacial score (nSPS) is 10.5. The van der Waals surface area contributed by atoms with Crippen molar-refractivity contribution in [3.05, 3.63) is 77.2 Å². The van der Waals surface area contributed by atoms with E-state index in [0.29, 0.717) is 17.3 Å². The molecule has 1 aromatic heterocycles. The molecule has 0 fully saturated rings. The van der Waals surface area contributed by atoms with Crippen LogP contribution in [0.25, 0.3) is 0 Å². The third-order valence-electron chi connectivity index (χ3n) is 4.05. The van der Waals surface area contributed by atoms with Gasteiger partial charge in [0.05, 0.1) is 14.2 Å². The smallest absolute Gasteiger partial charge is 0.287 e. The molecule has 0 aliphatic rings. The van der Waals surface area contributed by atoms with Crippen LogP contribution in [-0.4, -0.2) is 20.1 Å². The Labute approximate surface area is 166 Å². The van der Waals surface area contributed by atoms with Gasteiger partial charge < -0.3 is 23.9 Å². The maximum absolute atomic E-state index is 13.6. The first-order valence-electron chi connectivity index (χ1n) is 8.66. The van der Waals surface area contributed by atoms with E-state index in [1.807, 2.05) is 0 Å². The molecule has 0 aliphatic heterocycles. The lowest BCUT2D eigenvalue weighted by molar-refractivity contribution is 0.0919. The molecule has 3 rings (SSSR count). The van der Waals surface area contributed by atoms with Crippen molar-refractivity contribution < 1.29 is 32.2 Å². The van der Waals surface area contributed by atoms with Crippen LogP contribution in [0.5, 0.6) is 17.2 Å². The van der Waals surface area contributed by atoms with Crippen LogP contribution in [-0.2, 0) is 13.2 Å². The Kier molecular flexibility index (Phi) is 6.33. The summed E-state index contributed by atoms with van der Waals surface area (Å²) in [7, 11) is 3.08. The number of rotatable bonds is 8. The minimum atomic E-state index is -0.815. The fourth-order valence-corrected chi connectivity index (χ4v) is 2.58. The zero-order valence-corrected chi connectivity index (χ0v) is 15.8. The first-order valence-corrected chi connectivity index (χ1v) is 8.66. The Morgan fingerprint density at radius 3 is 2.45 bits per heavy atom. The van der Waals surface area contributed by atoms with Crippen molar-refractivity contribution in [1.29, 1.82) is 0 Å². The maximum Gasteiger partial charge on any atom is 0.287 e. The van der Waals surface area contributed by atoms with Gasteiger partial charge in [-0.15, -0.1) is 0 Å². The van der Waals surface area contributed by atoms with Crippen molar-refractivity contribution in [2.24, 2.45) is 0 Å². The molecule has 3 aromatic rings. The molecule has 0 atom stereocenters. The summed E-state index contributed by atoms with van der Waals surface area (Å²) in [6.07, 6.45) is 0. The van der Waals surface area contributed by atoms with Crippen LogP contribution in [0.3, 0.4) is 0 Å². The van der Waals surface area contributed by atoms with Crippen LogP contribution in [0.1, 0.15) is 21.9 Å². The average Bonchev–Trinajstić information content (AvgIpc) is 3.20. The van der Waals surface area contributed by atoms with Crippen molar-refractivity contribution in [3.8, 4) is 17.2 Å². The zero-order valence-electron chi connectivity index (χ0n) is 15.8. The highest BCUT2D eigenvalue weighted by molar-refractivity contribution is 5.91. The molecule has 2 aromatic carbocycles. The van der Waals surface area contributed by atoms with E-state index in [-0.39, 0.29) is 24.7 Å². The topological polar surface area (TPSA) is 69.9 Å². The van der Waals surface area contributed by atoms with Gasteiger partial charge in [0.1, 0.15) is 18.2 Å². The predicted molar refractivity (Wildman–Crippen MR) is 100 cm³/mol. The summed E-state index contributed by atoms with van der Waals surface area (Å²) < 4.78 is 47.6. The molecule has 0 saturated heterocycles. The van der Waals surface area contributed by atoms with Gasteiger partial charge in [-0.1, -0.05) is 6.07 Å². The number of ether oxygens (including phenoxy) is 3. The number of benzene rings is 2. The quantitative estimate of drug-likeness (QED) is 0.614. The Balaban J connectivity index is 1.56. The van der Waals surface area contributed by atoms with Crippen LogP contribution in [0.2, 0.25) is 0 Å². The van der Waals surface area contributed by atoms with Crippen molar-refractivity contribution in [2.75, 3.05) is 14.2 Å². The summed E-state index contributed by atoms with van der Waals surface area (Å²) in [6, 6.07) is 11.4. The number of amides is 1. The molecule has 152 valence electrons. The third kappa shape index (κ3) is 5.04. The Morgan fingerprint density at radius 2 is 1.72 bits per heavy atom. The lowest BCUT2D eigenvalue weighted by Gasteiger charge is -2.10. The molecule has 6 nitrogen and oxygen atoms in total. The van der Waals surface area contributed by atoms with Gasteiger partial charge in [-0.25, -0.2) is 8.78 Å². The molecule has 0 bridgehead atoms. The van der Waals surface area contributed by atoms with Gasteiger partial charge >= 0.3 is 0 Å². The number of halogens is 2. The Bertz CT molecular complexity index is 1000. The minimum absolute atomic E-state index is 0.0867. The van der Waals surface area contributed by atoms with Crippen LogP contribution in [0, 0.1) is 11.6 Å². The van der Waals surface area contributed by atoms with Gasteiger partial charge in [0.25, 0.3) is 5.91 Å². The number of nitrogens with one attached hydrogen (secondary N) is 1.